The minimum atomic E-state index is -0.746. The number of ether oxygens (including phenoxy) is 4. The first-order chi connectivity index (χ1) is 13.4. The number of carbonyl (C=O) groups is 2. The highest BCUT2D eigenvalue weighted by Crippen LogP contribution is 2.34. The summed E-state index contributed by atoms with van der Waals surface area (Å²) in [6, 6.07) is 7.83. The number of amides is 1. The van der Waals surface area contributed by atoms with Crippen LogP contribution in [-0.2, 0) is 9.53 Å². The van der Waals surface area contributed by atoms with Gasteiger partial charge in [0.1, 0.15) is 11.3 Å². The lowest BCUT2D eigenvalue weighted by molar-refractivity contribution is -0.124. The molecule has 148 valence electrons. The lowest BCUT2D eigenvalue weighted by Crippen LogP contribution is -2.31. The van der Waals surface area contributed by atoms with Crippen molar-refractivity contribution in [3.05, 3.63) is 46.5 Å². The second-order valence-electron chi connectivity index (χ2n) is 6.05. The predicted molar refractivity (Wildman–Crippen MR) is 102 cm³/mol. The molecule has 2 aromatic rings. The second kappa shape index (κ2) is 8.26. The Labute approximate surface area is 166 Å². The number of nitrogens with two attached hydrogens (primary N) is 1. The van der Waals surface area contributed by atoms with Crippen molar-refractivity contribution in [3.63, 3.8) is 0 Å². The normalized spacial score (nSPS) is 13.0. The van der Waals surface area contributed by atoms with Crippen LogP contribution in [0.15, 0.2) is 30.3 Å². The third-order valence-corrected chi connectivity index (χ3v) is 4.47. The summed E-state index contributed by atoms with van der Waals surface area (Å²) < 4.78 is 20.8. The first kappa shape index (κ1) is 19.6. The molecular formula is C19H19ClN2O6. The van der Waals surface area contributed by atoms with Crippen molar-refractivity contribution in [2.45, 2.75) is 13.0 Å². The molecule has 0 aliphatic carbocycles. The Bertz CT molecular complexity index is 918. The number of methoxy groups -OCH3 is 1. The molecule has 0 bridgehead atoms. The number of esters is 1. The predicted octanol–water partition coefficient (Wildman–Crippen LogP) is 2.69. The van der Waals surface area contributed by atoms with Crippen molar-refractivity contribution in [1.29, 1.82) is 0 Å². The van der Waals surface area contributed by atoms with Gasteiger partial charge < -0.3 is 30.0 Å². The van der Waals surface area contributed by atoms with E-state index >= 15 is 0 Å². The van der Waals surface area contributed by atoms with Gasteiger partial charge in [-0.05, 0) is 30.7 Å². The van der Waals surface area contributed by atoms with Gasteiger partial charge in [-0.15, -0.1) is 0 Å². The van der Waals surface area contributed by atoms with Gasteiger partial charge in [-0.2, -0.15) is 0 Å². The largest absolute Gasteiger partial charge is 0.496 e. The summed E-state index contributed by atoms with van der Waals surface area (Å²) in [4.78, 5) is 24.4. The van der Waals surface area contributed by atoms with E-state index in [0.29, 0.717) is 11.5 Å². The van der Waals surface area contributed by atoms with Gasteiger partial charge in [0.15, 0.2) is 18.1 Å². The van der Waals surface area contributed by atoms with Crippen molar-refractivity contribution < 1.29 is 28.5 Å². The van der Waals surface area contributed by atoms with Gasteiger partial charge in [-0.1, -0.05) is 17.7 Å². The Balaban J connectivity index is 1.58. The highest BCUT2D eigenvalue weighted by atomic mass is 35.5. The summed E-state index contributed by atoms with van der Waals surface area (Å²) in [5.41, 5.74) is 6.87. The number of nitrogen functional groups attached to an aromatic ring is 1. The van der Waals surface area contributed by atoms with Crippen molar-refractivity contribution >= 4 is 29.2 Å². The third kappa shape index (κ3) is 4.23. The highest BCUT2D eigenvalue weighted by molar-refractivity contribution is 6.33. The summed E-state index contributed by atoms with van der Waals surface area (Å²) in [5.74, 6) is 0.286. The summed E-state index contributed by atoms with van der Waals surface area (Å²) in [7, 11) is 1.39. The fraction of sp³-hybridized carbons (Fsp3) is 0.263. The molecule has 1 amide bonds. The molecule has 0 spiro atoms. The minimum absolute atomic E-state index is 0.0818. The van der Waals surface area contributed by atoms with Crippen LogP contribution >= 0.6 is 11.6 Å². The number of fused-ring (bicyclic) bond motifs is 1. The number of hydrogen-bond donors (Lipinski definition) is 2. The number of rotatable bonds is 6. The van der Waals surface area contributed by atoms with Gasteiger partial charge in [0.2, 0.25) is 6.79 Å². The molecule has 28 heavy (non-hydrogen) atoms. The number of benzene rings is 2. The van der Waals surface area contributed by atoms with E-state index in [1.807, 2.05) is 6.07 Å². The minimum Gasteiger partial charge on any atom is -0.496 e. The first-order valence-electron chi connectivity index (χ1n) is 8.38. The van der Waals surface area contributed by atoms with Crippen LogP contribution in [0.1, 0.15) is 28.9 Å². The Morgan fingerprint density at radius 2 is 2.00 bits per heavy atom. The molecule has 1 heterocycles. The van der Waals surface area contributed by atoms with Crippen LogP contribution in [0.4, 0.5) is 5.69 Å². The molecule has 1 atom stereocenters. The summed E-state index contributed by atoms with van der Waals surface area (Å²) >= 11 is 5.94. The van der Waals surface area contributed by atoms with Crippen LogP contribution in [0.25, 0.3) is 0 Å². The van der Waals surface area contributed by atoms with E-state index in [9.17, 15) is 9.59 Å². The Morgan fingerprint density at radius 3 is 2.75 bits per heavy atom. The molecule has 0 unspecified atom stereocenters. The number of carbonyl (C=O) groups excluding carboxylic acids is 2. The maximum absolute atomic E-state index is 12.3. The van der Waals surface area contributed by atoms with Gasteiger partial charge in [-0.25, -0.2) is 4.79 Å². The van der Waals surface area contributed by atoms with E-state index in [4.69, 9.17) is 36.3 Å². The maximum Gasteiger partial charge on any atom is 0.342 e. The second-order valence-corrected chi connectivity index (χ2v) is 6.46. The Hall–Kier alpha value is -3.13. The van der Waals surface area contributed by atoms with Crippen LogP contribution in [0.2, 0.25) is 5.02 Å². The summed E-state index contributed by atoms with van der Waals surface area (Å²) in [6.07, 6.45) is 0. The van der Waals surface area contributed by atoms with Gasteiger partial charge in [0.25, 0.3) is 5.91 Å². The number of nitrogens with one attached hydrogen (secondary N) is 1. The fourth-order valence-corrected chi connectivity index (χ4v) is 2.82. The quantitative estimate of drug-likeness (QED) is 0.560. The molecular weight excluding hydrogens is 388 g/mol. The zero-order valence-electron chi connectivity index (χ0n) is 15.3. The van der Waals surface area contributed by atoms with E-state index in [1.165, 1.54) is 19.2 Å². The molecule has 0 saturated carbocycles. The smallest absolute Gasteiger partial charge is 0.342 e. The molecule has 0 saturated heterocycles. The van der Waals surface area contributed by atoms with Gasteiger partial charge in [0.05, 0.1) is 23.9 Å². The summed E-state index contributed by atoms with van der Waals surface area (Å²) in [5, 5.41) is 2.94. The fourth-order valence-electron chi connectivity index (χ4n) is 2.66. The average molecular weight is 407 g/mol. The third-order valence-electron chi connectivity index (χ3n) is 4.15. The van der Waals surface area contributed by atoms with E-state index in [0.717, 1.165) is 5.56 Å². The van der Waals surface area contributed by atoms with Gasteiger partial charge in [0, 0.05) is 6.07 Å². The average Bonchev–Trinajstić information content (AvgIpc) is 3.15. The Morgan fingerprint density at radius 1 is 1.25 bits per heavy atom. The lowest BCUT2D eigenvalue weighted by Gasteiger charge is -2.15. The Kier molecular flexibility index (Phi) is 5.79. The van der Waals surface area contributed by atoms with E-state index in [2.05, 4.69) is 5.32 Å². The number of hydrogen-bond acceptors (Lipinski definition) is 7. The van der Waals surface area contributed by atoms with Crippen molar-refractivity contribution in [2.24, 2.45) is 0 Å². The zero-order chi connectivity index (χ0) is 20.3. The van der Waals surface area contributed by atoms with Crippen molar-refractivity contribution in [2.75, 3.05) is 26.2 Å². The van der Waals surface area contributed by atoms with E-state index < -0.39 is 18.5 Å². The van der Waals surface area contributed by atoms with Crippen LogP contribution in [-0.4, -0.2) is 32.4 Å². The maximum atomic E-state index is 12.3. The monoisotopic (exact) mass is 406 g/mol. The standard InChI is InChI=1S/C19H19ClN2O6/c1-10(11-3-4-15-17(5-11)28-9-27-15)22-18(23)8-26-19(24)12-6-13(20)14(21)7-16(12)25-2/h3-7,10H,8-9,21H2,1-2H3,(H,22,23)/t10-/m0/s1. The van der Waals surface area contributed by atoms with Crippen molar-refractivity contribution in [1.82, 2.24) is 5.32 Å². The van der Waals surface area contributed by atoms with Crippen LogP contribution < -0.4 is 25.3 Å². The first-order valence-corrected chi connectivity index (χ1v) is 8.76. The molecule has 0 radical (unpaired) electrons. The number of halogens is 1. The summed E-state index contributed by atoms with van der Waals surface area (Å²) in [6.45, 7) is 1.52. The van der Waals surface area contributed by atoms with Gasteiger partial charge >= 0.3 is 5.97 Å². The van der Waals surface area contributed by atoms with Gasteiger partial charge in [-0.3, -0.25) is 4.79 Å². The zero-order valence-corrected chi connectivity index (χ0v) is 16.0. The number of anilines is 1. The van der Waals surface area contributed by atoms with Crippen LogP contribution in [0, 0.1) is 0 Å². The van der Waals surface area contributed by atoms with Crippen LogP contribution in [0.5, 0.6) is 17.2 Å². The lowest BCUT2D eigenvalue weighted by atomic mass is 10.1. The van der Waals surface area contributed by atoms with Crippen molar-refractivity contribution in [3.8, 4) is 17.2 Å². The molecule has 1 aliphatic rings. The molecule has 8 nitrogen and oxygen atoms in total. The van der Waals surface area contributed by atoms with E-state index in [1.54, 1.807) is 19.1 Å². The van der Waals surface area contributed by atoms with Crippen LogP contribution in [0.3, 0.4) is 0 Å². The topological polar surface area (TPSA) is 109 Å². The molecule has 0 fully saturated rings. The molecule has 1 aliphatic heterocycles. The van der Waals surface area contributed by atoms with E-state index in [-0.39, 0.29) is 34.9 Å². The molecule has 3 rings (SSSR count). The molecule has 0 aromatic heterocycles. The molecule has 2 aromatic carbocycles. The SMILES string of the molecule is COc1cc(N)c(Cl)cc1C(=O)OCC(=O)N[C@@H](C)c1ccc2c(c1)OCO2. The molecule has 9 heteroatoms. The molecule has 3 N–H and O–H groups in total. The highest BCUT2D eigenvalue weighted by Gasteiger charge is 2.20.